The number of hydrogen-bond donors (Lipinski definition) is 2. The molecule has 1 aliphatic heterocycles. The summed E-state index contributed by atoms with van der Waals surface area (Å²) in [6, 6.07) is 13.1. The summed E-state index contributed by atoms with van der Waals surface area (Å²) in [7, 11) is 0. The highest BCUT2D eigenvalue weighted by Crippen LogP contribution is 2.18. The number of carbonyl (C=O) groups excluding carboxylic acids is 1. The summed E-state index contributed by atoms with van der Waals surface area (Å²) in [5.74, 6) is 0.681. The van der Waals surface area contributed by atoms with Crippen molar-refractivity contribution >= 4 is 29.6 Å². The van der Waals surface area contributed by atoms with E-state index in [1.54, 1.807) is 18.3 Å². The maximum atomic E-state index is 12.4. The molecule has 0 unspecified atom stereocenters. The number of amides is 1. The number of nitrogens with one attached hydrogen (secondary N) is 2. The average molecular weight is 416 g/mol. The molecule has 0 spiro atoms. The highest BCUT2D eigenvalue weighted by atomic mass is 35.5. The average Bonchev–Trinajstić information content (AvgIpc) is 3.03. The molecule has 1 saturated heterocycles. The summed E-state index contributed by atoms with van der Waals surface area (Å²) >= 11 is 0. The second-order valence-electron chi connectivity index (χ2n) is 7.35. The molecular weight excluding hydrogens is 390 g/mol. The Morgan fingerprint density at radius 1 is 1.17 bits per heavy atom. The number of aromatic nitrogens is 3. The number of carbonyl (C=O) groups is 1. The van der Waals surface area contributed by atoms with Crippen LogP contribution >= 0.6 is 12.4 Å². The second kappa shape index (κ2) is 9.71. The topological polar surface area (TPSA) is 80.4 Å². The molecule has 154 valence electrons. The Kier molecular flexibility index (Phi) is 7.06. The van der Waals surface area contributed by atoms with Crippen LogP contribution in [0.15, 0.2) is 53.5 Å². The molecule has 7 nitrogen and oxygen atoms in total. The zero-order chi connectivity index (χ0) is 19.3. The van der Waals surface area contributed by atoms with E-state index in [-0.39, 0.29) is 24.0 Å². The summed E-state index contributed by atoms with van der Waals surface area (Å²) in [5.41, 5.74) is 2.12. The Labute approximate surface area is 175 Å². The minimum atomic E-state index is -0.174. The maximum absolute atomic E-state index is 12.4. The van der Waals surface area contributed by atoms with Gasteiger partial charge in [-0.2, -0.15) is 0 Å². The van der Waals surface area contributed by atoms with Crippen LogP contribution in [0.3, 0.4) is 0 Å². The van der Waals surface area contributed by atoms with Crippen LogP contribution in [0.5, 0.6) is 0 Å². The smallest absolute Gasteiger partial charge is 0.326 e. The van der Waals surface area contributed by atoms with Crippen molar-refractivity contribution in [2.24, 2.45) is 5.92 Å². The van der Waals surface area contributed by atoms with Crippen LogP contribution in [0, 0.1) is 5.92 Å². The fourth-order valence-electron chi connectivity index (χ4n) is 3.72. The van der Waals surface area contributed by atoms with Crippen molar-refractivity contribution < 1.29 is 4.79 Å². The van der Waals surface area contributed by atoms with E-state index in [0.29, 0.717) is 24.5 Å². The second-order valence-corrected chi connectivity index (χ2v) is 7.35. The summed E-state index contributed by atoms with van der Waals surface area (Å²) in [6.45, 7) is 2.47. The van der Waals surface area contributed by atoms with Gasteiger partial charge in [0, 0.05) is 18.3 Å². The quantitative estimate of drug-likeness (QED) is 0.648. The first-order valence-electron chi connectivity index (χ1n) is 9.83. The van der Waals surface area contributed by atoms with Gasteiger partial charge in [0.2, 0.25) is 5.91 Å². The molecule has 1 aromatic carbocycles. The van der Waals surface area contributed by atoms with Gasteiger partial charge < -0.3 is 10.6 Å². The lowest BCUT2D eigenvalue weighted by atomic mass is 9.93. The Morgan fingerprint density at radius 2 is 2.00 bits per heavy atom. The number of benzene rings is 1. The molecule has 0 aliphatic carbocycles. The third-order valence-corrected chi connectivity index (χ3v) is 5.27. The van der Waals surface area contributed by atoms with Gasteiger partial charge in [0.1, 0.15) is 0 Å². The normalized spacial score (nSPS) is 14.5. The number of halogens is 1. The molecule has 0 bridgehead atoms. The minimum absolute atomic E-state index is 0. The molecule has 0 atom stereocenters. The van der Waals surface area contributed by atoms with Gasteiger partial charge in [-0.25, -0.2) is 9.48 Å². The Balaban J connectivity index is 0.00000240. The van der Waals surface area contributed by atoms with Gasteiger partial charge in [0.25, 0.3) is 0 Å². The SMILES string of the molecule is Cl.O=C(CCC1CCNCC1)Nc1cccc(Cn2nc3ccccn3c2=O)c1. The molecule has 29 heavy (non-hydrogen) atoms. The molecule has 1 fully saturated rings. The van der Waals surface area contributed by atoms with E-state index < -0.39 is 0 Å². The summed E-state index contributed by atoms with van der Waals surface area (Å²) in [4.78, 5) is 24.7. The summed E-state index contributed by atoms with van der Waals surface area (Å²) in [5, 5.41) is 10.7. The van der Waals surface area contributed by atoms with E-state index in [2.05, 4.69) is 15.7 Å². The predicted molar refractivity (Wildman–Crippen MR) is 116 cm³/mol. The molecule has 2 N–H and O–H groups in total. The predicted octanol–water partition coefficient (Wildman–Crippen LogP) is 2.68. The first-order chi connectivity index (χ1) is 13.7. The number of fused-ring (bicyclic) bond motifs is 1. The van der Waals surface area contributed by atoms with E-state index in [1.165, 1.54) is 9.08 Å². The highest BCUT2D eigenvalue weighted by molar-refractivity contribution is 5.90. The van der Waals surface area contributed by atoms with Gasteiger partial charge in [0.15, 0.2) is 5.65 Å². The standard InChI is InChI=1S/C21H25N5O2.ClH/c27-20(8-7-16-9-11-22-12-10-16)23-18-5-3-4-17(14-18)15-26-21(28)25-13-2-1-6-19(25)24-26;/h1-6,13-14,16,22H,7-12,15H2,(H,23,27);1H. The van der Waals surface area contributed by atoms with Crippen molar-refractivity contribution in [1.82, 2.24) is 19.5 Å². The first kappa shape index (κ1) is 21.1. The molecule has 2 aromatic heterocycles. The first-order valence-corrected chi connectivity index (χ1v) is 9.83. The van der Waals surface area contributed by atoms with Crippen LogP contribution < -0.4 is 16.3 Å². The number of anilines is 1. The number of piperidine rings is 1. The summed E-state index contributed by atoms with van der Waals surface area (Å²) < 4.78 is 2.96. The summed E-state index contributed by atoms with van der Waals surface area (Å²) in [6.07, 6.45) is 5.48. The van der Waals surface area contributed by atoms with Gasteiger partial charge in [-0.1, -0.05) is 18.2 Å². The zero-order valence-corrected chi connectivity index (χ0v) is 17.0. The van der Waals surface area contributed by atoms with Crippen LogP contribution in [0.2, 0.25) is 0 Å². The van der Waals surface area contributed by atoms with Crippen LogP contribution in [-0.4, -0.2) is 33.2 Å². The fraction of sp³-hybridized carbons (Fsp3) is 0.381. The number of rotatable bonds is 6. The van der Waals surface area contributed by atoms with Crippen molar-refractivity contribution in [1.29, 1.82) is 0 Å². The highest BCUT2D eigenvalue weighted by Gasteiger charge is 2.14. The van der Waals surface area contributed by atoms with Crippen molar-refractivity contribution in [2.45, 2.75) is 32.2 Å². The van der Waals surface area contributed by atoms with Crippen molar-refractivity contribution in [2.75, 3.05) is 18.4 Å². The van der Waals surface area contributed by atoms with Gasteiger partial charge in [-0.05, 0) is 68.1 Å². The van der Waals surface area contributed by atoms with Gasteiger partial charge >= 0.3 is 5.69 Å². The molecule has 1 aliphatic rings. The van der Waals surface area contributed by atoms with Crippen molar-refractivity contribution in [3.05, 3.63) is 64.7 Å². The van der Waals surface area contributed by atoms with E-state index in [1.807, 2.05) is 30.3 Å². The monoisotopic (exact) mass is 415 g/mol. The van der Waals surface area contributed by atoms with Crippen LogP contribution in [0.1, 0.15) is 31.2 Å². The lowest BCUT2D eigenvalue weighted by Gasteiger charge is -2.22. The molecule has 0 radical (unpaired) electrons. The van der Waals surface area contributed by atoms with Gasteiger partial charge in [-0.15, -0.1) is 17.5 Å². The molecule has 3 heterocycles. The number of hydrogen-bond acceptors (Lipinski definition) is 4. The van der Waals surface area contributed by atoms with Crippen LogP contribution in [-0.2, 0) is 11.3 Å². The molecule has 8 heteroatoms. The van der Waals surface area contributed by atoms with Gasteiger partial charge in [0.05, 0.1) is 6.54 Å². The largest absolute Gasteiger partial charge is 0.350 e. The molecule has 1 amide bonds. The van der Waals surface area contributed by atoms with E-state index in [9.17, 15) is 9.59 Å². The maximum Gasteiger partial charge on any atom is 0.350 e. The third-order valence-electron chi connectivity index (χ3n) is 5.27. The lowest BCUT2D eigenvalue weighted by molar-refractivity contribution is -0.116. The van der Waals surface area contributed by atoms with Gasteiger partial charge in [-0.3, -0.25) is 9.20 Å². The number of pyridine rings is 1. The number of nitrogens with zero attached hydrogens (tertiary/aromatic N) is 3. The van der Waals surface area contributed by atoms with E-state index in [0.717, 1.165) is 43.6 Å². The Hall–Kier alpha value is -2.64. The van der Waals surface area contributed by atoms with Crippen molar-refractivity contribution in [3.63, 3.8) is 0 Å². The van der Waals surface area contributed by atoms with Crippen molar-refractivity contribution in [3.8, 4) is 0 Å². The minimum Gasteiger partial charge on any atom is -0.326 e. The van der Waals surface area contributed by atoms with E-state index in [4.69, 9.17) is 0 Å². The molecule has 3 aromatic rings. The Morgan fingerprint density at radius 3 is 2.79 bits per heavy atom. The fourth-order valence-corrected chi connectivity index (χ4v) is 3.72. The zero-order valence-electron chi connectivity index (χ0n) is 16.2. The Bertz CT molecular complexity index is 1020. The lowest BCUT2D eigenvalue weighted by Crippen LogP contribution is -2.28. The van der Waals surface area contributed by atoms with Crippen LogP contribution in [0.25, 0.3) is 5.65 Å². The third kappa shape index (κ3) is 5.25. The molecule has 0 saturated carbocycles. The molecule has 4 rings (SSSR count). The molecular formula is C21H26ClN5O2. The van der Waals surface area contributed by atoms with Crippen LogP contribution in [0.4, 0.5) is 5.69 Å². The van der Waals surface area contributed by atoms with E-state index >= 15 is 0 Å².